The third-order valence-corrected chi connectivity index (χ3v) is 3.72. The lowest BCUT2D eigenvalue weighted by molar-refractivity contribution is 0.207. The number of halogens is 2. The fraction of sp³-hybridized carbons (Fsp3) is 0.417. The van der Waals surface area contributed by atoms with E-state index in [1.54, 1.807) is 0 Å². The van der Waals surface area contributed by atoms with Crippen molar-refractivity contribution < 1.29 is 0 Å². The van der Waals surface area contributed by atoms with E-state index in [2.05, 4.69) is 32.2 Å². The first-order valence-electron chi connectivity index (χ1n) is 5.51. The lowest BCUT2D eigenvalue weighted by atomic mass is 10.1. The van der Waals surface area contributed by atoms with Crippen LogP contribution in [0.15, 0.2) is 22.7 Å². The summed E-state index contributed by atoms with van der Waals surface area (Å²) in [5, 5.41) is 13.3. The summed E-state index contributed by atoms with van der Waals surface area (Å²) in [5.41, 5.74) is 0.888. The minimum absolute atomic E-state index is 0.252. The van der Waals surface area contributed by atoms with Crippen molar-refractivity contribution in [3.05, 3.63) is 33.3 Å². The summed E-state index contributed by atoms with van der Waals surface area (Å²) in [4.78, 5) is 2.16. The minimum atomic E-state index is -0.252. The van der Waals surface area contributed by atoms with Gasteiger partial charge in [0.1, 0.15) is 6.04 Å². The van der Waals surface area contributed by atoms with Crippen LogP contribution >= 0.6 is 27.5 Å². The van der Waals surface area contributed by atoms with Crippen LogP contribution < -0.4 is 5.32 Å². The molecule has 3 nitrogen and oxygen atoms in total. The molecule has 1 aliphatic heterocycles. The van der Waals surface area contributed by atoms with Gasteiger partial charge in [-0.3, -0.25) is 4.90 Å². The summed E-state index contributed by atoms with van der Waals surface area (Å²) in [6.45, 7) is 3.61. The highest BCUT2D eigenvalue weighted by molar-refractivity contribution is 9.10. The van der Waals surface area contributed by atoms with Gasteiger partial charge >= 0.3 is 0 Å². The maximum absolute atomic E-state index is 9.34. The van der Waals surface area contributed by atoms with Crippen LogP contribution in [0.5, 0.6) is 0 Å². The zero-order valence-corrected chi connectivity index (χ0v) is 11.6. The topological polar surface area (TPSA) is 39.1 Å². The van der Waals surface area contributed by atoms with Crippen LogP contribution in [0.2, 0.25) is 5.02 Å². The molecular formula is C12H13BrClN3. The van der Waals surface area contributed by atoms with Crippen LogP contribution in [0.25, 0.3) is 0 Å². The number of benzene rings is 1. The molecule has 2 rings (SSSR count). The Balaban J connectivity index is 2.25. The molecule has 17 heavy (non-hydrogen) atoms. The third-order valence-electron chi connectivity index (χ3n) is 2.90. The molecule has 1 aliphatic rings. The Morgan fingerprint density at radius 3 is 2.71 bits per heavy atom. The molecule has 5 heteroatoms. The first-order chi connectivity index (χ1) is 8.22. The Labute approximate surface area is 114 Å². The second-order valence-electron chi connectivity index (χ2n) is 3.98. The molecule has 0 aliphatic carbocycles. The molecule has 1 fully saturated rings. The van der Waals surface area contributed by atoms with Gasteiger partial charge in [-0.25, -0.2) is 0 Å². The highest BCUT2D eigenvalue weighted by Gasteiger charge is 2.23. The Hall–Kier alpha value is -0.600. The van der Waals surface area contributed by atoms with Gasteiger partial charge in [-0.1, -0.05) is 33.6 Å². The quantitative estimate of drug-likeness (QED) is 0.912. The van der Waals surface area contributed by atoms with Crippen molar-refractivity contribution in [2.75, 3.05) is 26.2 Å². The van der Waals surface area contributed by atoms with Crippen molar-refractivity contribution >= 4 is 27.5 Å². The highest BCUT2D eigenvalue weighted by atomic mass is 79.9. The van der Waals surface area contributed by atoms with Crippen LogP contribution in [0.4, 0.5) is 0 Å². The molecule has 90 valence electrons. The Morgan fingerprint density at radius 2 is 2.12 bits per heavy atom. The van der Waals surface area contributed by atoms with Gasteiger partial charge in [0.25, 0.3) is 0 Å². The number of nitrogens with zero attached hydrogens (tertiary/aromatic N) is 2. The number of hydrogen-bond donors (Lipinski definition) is 1. The Morgan fingerprint density at radius 1 is 1.41 bits per heavy atom. The molecule has 0 radical (unpaired) electrons. The zero-order chi connectivity index (χ0) is 12.3. The van der Waals surface area contributed by atoms with E-state index in [0.29, 0.717) is 5.02 Å². The van der Waals surface area contributed by atoms with Crippen molar-refractivity contribution in [2.45, 2.75) is 6.04 Å². The van der Waals surface area contributed by atoms with Gasteiger partial charge in [-0.05, 0) is 12.1 Å². The van der Waals surface area contributed by atoms with Crippen molar-refractivity contribution in [2.24, 2.45) is 0 Å². The van der Waals surface area contributed by atoms with Crippen molar-refractivity contribution in [3.63, 3.8) is 0 Å². The lowest BCUT2D eigenvalue weighted by Gasteiger charge is -2.31. The molecule has 1 atom stereocenters. The van der Waals surface area contributed by atoms with Gasteiger partial charge in [0.05, 0.1) is 6.07 Å². The number of nitrogens with one attached hydrogen (secondary N) is 1. The van der Waals surface area contributed by atoms with Crippen molar-refractivity contribution in [1.29, 1.82) is 5.26 Å². The molecule has 0 amide bonds. The summed E-state index contributed by atoms with van der Waals surface area (Å²) >= 11 is 9.57. The summed E-state index contributed by atoms with van der Waals surface area (Å²) in [6.07, 6.45) is 0. The molecular weight excluding hydrogens is 302 g/mol. The van der Waals surface area contributed by atoms with E-state index in [1.165, 1.54) is 0 Å². The molecule has 0 saturated carbocycles. The van der Waals surface area contributed by atoms with Crippen LogP contribution in [-0.4, -0.2) is 31.1 Å². The SMILES string of the molecule is N#CC(c1ccc(Br)cc1Cl)N1CCNCC1. The van der Waals surface area contributed by atoms with Crippen molar-refractivity contribution in [3.8, 4) is 6.07 Å². The second kappa shape index (κ2) is 5.83. The van der Waals surface area contributed by atoms with Gasteiger partial charge < -0.3 is 5.32 Å². The molecule has 1 heterocycles. The monoisotopic (exact) mass is 313 g/mol. The van der Waals surface area contributed by atoms with E-state index in [-0.39, 0.29) is 6.04 Å². The smallest absolute Gasteiger partial charge is 0.125 e. The van der Waals surface area contributed by atoms with E-state index in [9.17, 15) is 5.26 Å². The summed E-state index contributed by atoms with van der Waals surface area (Å²) in [6, 6.07) is 7.77. The minimum Gasteiger partial charge on any atom is -0.314 e. The predicted octanol–water partition coefficient (Wildman–Crippen LogP) is 2.57. The van der Waals surface area contributed by atoms with E-state index in [1.807, 2.05) is 18.2 Å². The molecule has 0 spiro atoms. The summed E-state index contributed by atoms with van der Waals surface area (Å²) in [7, 11) is 0. The largest absolute Gasteiger partial charge is 0.314 e. The first kappa shape index (κ1) is 12.8. The van der Waals surface area contributed by atoms with Crippen LogP contribution in [0.1, 0.15) is 11.6 Å². The van der Waals surface area contributed by atoms with Gasteiger partial charge in [-0.15, -0.1) is 0 Å². The first-order valence-corrected chi connectivity index (χ1v) is 6.69. The number of nitriles is 1. The number of hydrogen-bond acceptors (Lipinski definition) is 3. The average molecular weight is 315 g/mol. The molecule has 1 unspecified atom stereocenters. The van der Waals surface area contributed by atoms with Gasteiger partial charge in [-0.2, -0.15) is 5.26 Å². The van der Waals surface area contributed by atoms with Crippen LogP contribution in [-0.2, 0) is 0 Å². The maximum Gasteiger partial charge on any atom is 0.125 e. The maximum atomic E-state index is 9.34. The normalized spacial score (nSPS) is 18.6. The number of rotatable bonds is 2. The fourth-order valence-electron chi connectivity index (χ4n) is 2.01. The van der Waals surface area contributed by atoms with E-state index < -0.39 is 0 Å². The molecule has 1 saturated heterocycles. The fourth-order valence-corrected chi connectivity index (χ4v) is 2.79. The van der Waals surface area contributed by atoms with Crippen LogP contribution in [0.3, 0.4) is 0 Å². The van der Waals surface area contributed by atoms with E-state index >= 15 is 0 Å². The number of piperazine rings is 1. The second-order valence-corrected chi connectivity index (χ2v) is 5.31. The Kier molecular flexibility index (Phi) is 4.41. The molecule has 0 bridgehead atoms. The third kappa shape index (κ3) is 2.99. The van der Waals surface area contributed by atoms with Gasteiger partial charge in [0, 0.05) is 41.2 Å². The summed E-state index contributed by atoms with van der Waals surface area (Å²) in [5.74, 6) is 0. The predicted molar refractivity (Wildman–Crippen MR) is 71.9 cm³/mol. The molecule has 1 N–H and O–H groups in total. The standard InChI is InChI=1S/C12H13BrClN3/c13-9-1-2-10(11(14)7-9)12(8-15)17-5-3-16-4-6-17/h1-2,7,12,16H,3-6H2. The zero-order valence-electron chi connectivity index (χ0n) is 9.29. The van der Waals surface area contributed by atoms with E-state index in [0.717, 1.165) is 36.2 Å². The van der Waals surface area contributed by atoms with Crippen LogP contribution in [0, 0.1) is 11.3 Å². The lowest BCUT2D eigenvalue weighted by Crippen LogP contribution is -2.44. The average Bonchev–Trinajstić information content (AvgIpc) is 2.34. The van der Waals surface area contributed by atoms with E-state index in [4.69, 9.17) is 11.6 Å². The Bertz CT molecular complexity index is 438. The van der Waals surface area contributed by atoms with Gasteiger partial charge in [0.15, 0.2) is 0 Å². The highest BCUT2D eigenvalue weighted by Crippen LogP contribution is 2.29. The molecule has 1 aromatic rings. The molecule has 1 aromatic carbocycles. The summed E-state index contributed by atoms with van der Waals surface area (Å²) < 4.78 is 0.934. The van der Waals surface area contributed by atoms with Gasteiger partial charge in [0.2, 0.25) is 0 Å². The van der Waals surface area contributed by atoms with Crippen molar-refractivity contribution in [1.82, 2.24) is 10.2 Å². The molecule has 0 aromatic heterocycles.